The number of hydrogen-bond donors (Lipinski definition) is 0. The first-order valence-electron chi connectivity index (χ1n) is 10.9. The monoisotopic (exact) mass is 507 g/mol. The van der Waals surface area contributed by atoms with Crippen LogP contribution in [0.5, 0.6) is 0 Å². The third-order valence-electron chi connectivity index (χ3n) is 5.53. The van der Waals surface area contributed by atoms with Crippen molar-refractivity contribution < 1.29 is 22.7 Å². The van der Waals surface area contributed by atoms with Gasteiger partial charge in [-0.15, -0.1) is 11.3 Å². The molecule has 0 N–H and O–H groups in total. The van der Waals surface area contributed by atoms with Crippen molar-refractivity contribution in [3.63, 3.8) is 0 Å². The minimum absolute atomic E-state index is 0.0190. The summed E-state index contributed by atoms with van der Waals surface area (Å²) in [7, 11) is 0. The molecule has 3 aromatic rings. The Morgan fingerprint density at radius 3 is 2.31 bits per heavy atom. The van der Waals surface area contributed by atoms with Crippen molar-refractivity contribution in [3.05, 3.63) is 68.3 Å². The topological polar surface area (TPSA) is 80.6 Å². The number of halogens is 3. The predicted octanol–water partition coefficient (Wildman–Crippen LogP) is 3.39. The van der Waals surface area contributed by atoms with Crippen LogP contribution in [0.1, 0.15) is 29.4 Å². The number of carbonyl (C=O) groups is 1. The van der Waals surface area contributed by atoms with Gasteiger partial charge in [-0.3, -0.25) is 9.36 Å². The number of piperazine rings is 1. The van der Waals surface area contributed by atoms with Gasteiger partial charge < -0.3 is 14.5 Å². The Labute approximate surface area is 203 Å². The van der Waals surface area contributed by atoms with Crippen LogP contribution in [0, 0.1) is 5.82 Å². The molecular weight excluding hydrogens is 483 g/mol. The fourth-order valence-electron chi connectivity index (χ4n) is 3.70. The third-order valence-corrected chi connectivity index (χ3v) is 6.78. The van der Waals surface area contributed by atoms with Crippen molar-refractivity contribution in [3.8, 4) is 0 Å². The number of carbonyl (C=O) groups excluding carboxylic acids is 1. The van der Waals surface area contributed by atoms with E-state index in [1.807, 2.05) is 4.90 Å². The minimum Gasteiger partial charge on any atom is -0.458 e. The molecule has 1 saturated heterocycles. The Bertz CT molecular complexity index is 1250. The summed E-state index contributed by atoms with van der Waals surface area (Å²) < 4.78 is 46.8. The van der Waals surface area contributed by atoms with E-state index in [0.717, 1.165) is 23.9 Å². The number of anilines is 2. The van der Waals surface area contributed by atoms with Crippen molar-refractivity contribution in [2.45, 2.75) is 32.9 Å². The lowest BCUT2D eigenvalue weighted by Gasteiger charge is -2.36. The SMILES string of the molecule is CC(=O)OCc1nc(N2CCN(c3ccc(F)cc3)CC2)nc(=O)n1Cc1ccc(C(C)(F)F)s1. The zero-order chi connectivity index (χ0) is 25.2. The molecule has 0 unspecified atom stereocenters. The Morgan fingerprint density at radius 1 is 1.06 bits per heavy atom. The van der Waals surface area contributed by atoms with E-state index in [9.17, 15) is 22.8 Å². The molecular formula is C23H24F3N5O3S. The van der Waals surface area contributed by atoms with Crippen LogP contribution >= 0.6 is 11.3 Å². The van der Waals surface area contributed by atoms with E-state index >= 15 is 0 Å². The number of benzene rings is 1. The van der Waals surface area contributed by atoms with Crippen LogP contribution in [-0.4, -0.2) is 46.7 Å². The second-order valence-corrected chi connectivity index (χ2v) is 9.36. The molecule has 0 radical (unpaired) electrons. The number of alkyl halides is 2. The summed E-state index contributed by atoms with van der Waals surface area (Å²) in [6.45, 7) is 4.05. The van der Waals surface area contributed by atoms with Gasteiger partial charge in [-0.05, 0) is 36.4 Å². The van der Waals surface area contributed by atoms with E-state index in [4.69, 9.17) is 4.74 Å². The van der Waals surface area contributed by atoms with Crippen molar-refractivity contribution in [1.82, 2.24) is 14.5 Å². The summed E-state index contributed by atoms with van der Waals surface area (Å²) in [5, 5.41) is 0. The molecule has 0 aliphatic carbocycles. The Kier molecular flexibility index (Phi) is 7.10. The first kappa shape index (κ1) is 24.7. The molecule has 12 heteroatoms. The summed E-state index contributed by atoms with van der Waals surface area (Å²) in [4.78, 5) is 37.3. The molecule has 3 heterocycles. The van der Waals surface area contributed by atoms with Crippen LogP contribution < -0.4 is 15.5 Å². The summed E-state index contributed by atoms with van der Waals surface area (Å²) in [5.41, 5.74) is 0.280. The summed E-state index contributed by atoms with van der Waals surface area (Å²) in [5.74, 6) is -3.44. The maximum Gasteiger partial charge on any atom is 0.352 e. The first-order valence-corrected chi connectivity index (χ1v) is 11.8. The van der Waals surface area contributed by atoms with Crippen LogP contribution in [0.4, 0.5) is 24.8 Å². The van der Waals surface area contributed by atoms with Crippen LogP contribution in [0.3, 0.4) is 0 Å². The molecule has 0 saturated carbocycles. The van der Waals surface area contributed by atoms with Gasteiger partial charge in [0, 0.05) is 50.6 Å². The molecule has 0 spiro atoms. The van der Waals surface area contributed by atoms with E-state index in [1.165, 1.54) is 35.8 Å². The number of aromatic nitrogens is 3. The average Bonchev–Trinajstić information content (AvgIpc) is 3.29. The van der Waals surface area contributed by atoms with E-state index < -0.39 is 17.6 Å². The molecule has 1 aliphatic rings. The van der Waals surface area contributed by atoms with Gasteiger partial charge in [-0.2, -0.15) is 9.97 Å². The van der Waals surface area contributed by atoms with Gasteiger partial charge in [0.15, 0.2) is 5.82 Å². The maximum absolute atomic E-state index is 13.6. The van der Waals surface area contributed by atoms with Gasteiger partial charge in [0.2, 0.25) is 5.95 Å². The maximum atomic E-state index is 13.6. The highest BCUT2D eigenvalue weighted by Gasteiger charge is 2.27. The van der Waals surface area contributed by atoms with Crippen LogP contribution in [0.25, 0.3) is 0 Å². The van der Waals surface area contributed by atoms with Gasteiger partial charge in [-0.25, -0.2) is 18.0 Å². The summed E-state index contributed by atoms with van der Waals surface area (Å²) in [6, 6.07) is 9.09. The third kappa shape index (κ3) is 5.99. The molecule has 35 heavy (non-hydrogen) atoms. The normalized spacial score (nSPS) is 14.3. The van der Waals surface area contributed by atoms with Gasteiger partial charge in [0.1, 0.15) is 12.4 Å². The quantitative estimate of drug-likeness (QED) is 0.454. The molecule has 0 atom stereocenters. The molecule has 1 aliphatic heterocycles. The fraction of sp³-hybridized carbons (Fsp3) is 0.391. The van der Waals surface area contributed by atoms with Gasteiger partial charge in [-0.1, -0.05) is 0 Å². The van der Waals surface area contributed by atoms with Crippen LogP contribution in [0.2, 0.25) is 0 Å². The van der Waals surface area contributed by atoms with E-state index in [0.29, 0.717) is 31.1 Å². The number of thiophene rings is 1. The number of hydrogen-bond acceptors (Lipinski definition) is 8. The lowest BCUT2D eigenvalue weighted by Crippen LogP contribution is -2.48. The van der Waals surface area contributed by atoms with Crippen LogP contribution in [-0.2, 0) is 28.6 Å². The Morgan fingerprint density at radius 2 is 1.71 bits per heavy atom. The molecule has 0 amide bonds. The Balaban J connectivity index is 1.55. The highest BCUT2D eigenvalue weighted by molar-refractivity contribution is 7.12. The van der Waals surface area contributed by atoms with E-state index in [-0.39, 0.29) is 35.6 Å². The standard InChI is InChI=1S/C23H24F3N5O3S/c1-15(32)34-14-20-27-21(30-11-9-29(10-12-30)17-5-3-16(24)4-6-17)28-22(33)31(20)13-18-7-8-19(35-18)23(2,25)26/h3-8H,9-14H2,1-2H3. The second kappa shape index (κ2) is 10.1. The molecule has 8 nitrogen and oxygen atoms in total. The van der Waals surface area contributed by atoms with Gasteiger partial charge in [0.25, 0.3) is 5.92 Å². The lowest BCUT2D eigenvalue weighted by molar-refractivity contribution is -0.142. The number of nitrogens with zero attached hydrogens (tertiary/aromatic N) is 5. The van der Waals surface area contributed by atoms with Crippen molar-refractivity contribution in [1.29, 1.82) is 0 Å². The summed E-state index contributed by atoms with van der Waals surface area (Å²) >= 11 is 0.895. The van der Waals surface area contributed by atoms with Crippen molar-refractivity contribution >= 4 is 28.9 Å². The molecule has 1 fully saturated rings. The second-order valence-electron chi connectivity index (χ2n) is 8.19. The minimum atomic E-state index is -2.98. The number of esters is 1. The van der Waals surface area contributed by atoms with Gasteiger partial charge >= 0.3 is 11.7 Å². The van der Waals surface area contributed by atoms with Gasteiger partial charge in [0.05, 0.1) is 11.4 Å². The molecule has 2 aromatic heterocycles. The zero-order valence-corrected chi connectivity index (χ0v) is 20.0. The highest BCUT2D eigenvalue weighted by atomic mass is 32.1. The predicted molar refractivity (Wildman–Crippen MR) is 126 cm³/mol. The first-order chi connectivity index (χ1) is 16.6. The number of ether oxygens (including phenoxy) is 1. The zero-order valence-electron chi connectivity index (χ0n) is 19.2. The Hall–Kier alpha value is -3.41. The van der Waals surface area contributed by atoms with Crippen molar-refractivity contribution in [2.75, 3.05) is 36.0 Å². The number of rotatable bonds is 7. The van der Waals surface area contributed by atoms with Crippen LogP contribution in [0.15, 0.2) is 41.2 Å². The van der Waals surface area contributed by atoms with E-state index in [2.05, 4.69) is 14.9 Å². The lowest BCUT2D eigenvalue weighted by atomic mass is 10.2. The largest absolute Gasteiger partial charge is 0.458 e. The fourth-order valence-corrected chi connectivity index (χ4v) is 4.63. The molecule has 4 rings (SSSR count). The molecule has 1 aromatic carbocycles. The summed E-state index contributed by atoms with van der Waals surface area (Å²) in [6.07, 6.45) is 0. The smallest absolute Gasteiger partial charge is 0.352 e. The average molecular weight is 508 g/mol. The van der Waals surface area contributed by atoms with E-state index in [1.54, 1.807) is 12.1 Å². The molecule has 0 bridgehead atoms. The van der Waals surface area contributed by atoms with Crippen molar-refractivity contribution in [2.24, 2.45) is 0 Å². The molecule has 186 valence electrons. The highest BCUT2D eigenvalue weighted by Crippen LogP contribution is 2.33.